The summed E-state index contributed by atoms with van der Waals surface area (Å²) in [6.07, 6.45) is 10.8. The van der Waals surface area contributed by atoms with Gasteiger partial charge in [-0.1, -0.05) is 48.9 Å². The van der Waals surface area contributed by atoms with E-state index in [-0.39, 0.29) is 12.1 Å². The summed E-state index contributed by atoms with van der Waals surface area (Å²) in [6.45, 7) is 0. The summed E-state index contributed by atoms with van der Waals surface area (Å²) in [5, 5.41) is 34.8. The van der Waals surface area contributed by atoms with Crippen molar-refractivity contribution in [3.05, 3.63) is 57.8 Å². The van der Waals surface area contributed by atoms with Crippen LogP contribution in [0.2, 0.25) is 10.0 Å². The van der Waals surface area contributed by atoms with Crippen LogP contribution in [0.1, 0.15) is 88.4 Å². The van der Waals surface area contributed by atoms with Crippen LogP contribution in [0.5, 0.6) is 0 Å². The zero-order chi connectivity index (χ0) is 34.2. The molecule has 8 rings (SSSR count). The Labute approximate surface area is 312 Å². The van der Waals surface area contributed by atoms with Crippen molar-refractivity contribution in [2.24, 2.45) is 9.98 Å². The van der Waals surface area contributed by atoms with Crippen LogP contribution >= 0.6 is 46.7 Å². The van der Waals surface area contributed by atoms with E-state index >= 15 is 0 Å². The molecule has 4 atom stereocenters. The number of rotatable bonds is 13. The molecule has 4 aliphatic rings. The van der Waals surface area contributed by atoms with Gasteiger partial charge in [-0.2, -0.15) is 0 Å². The fourth-order valence-electron chi connectivity index (χ4n) is 7.99. The van der Waals surface area contributed by atoms with Crippen LogP contribution < -0.4 is 10.6 Å². The number of benzene rings is 2. The predicted molar refractivity (Wildman–Crippen MR) is 214 cm³/mol. The Morgan fingerprint density at radius 3 is 1.50 bits per heavy atom. The number of aromatic nitrogens is 2. The second-order valence-electron chi connectivity index (χ2n) is 14.5. The number of anilines is 2. The van der Waals surface area contributed by atoms with Crippen LogP contribution in [0.25, 0.3) is 21.8 Å². The van der Waals surface area contributed by atoms with E-state index in [1.165, 1.54) is 51.4 Å². The fourth-order valence-corrected chi connectivity index (χ4v) is 10.6. The largest absolute Gasteiger partial charge is 0.390 e. The number of aliphatic hydroxyl groups excluding tert-OH is 2. The molecule has 12 heteroatoms. The quantitative estimate of drug-likeness (QED) is 0.0810. The van der Waals surface area contributed by atoms with Crippen LogP contribution in [-0.4, -0.2) is 78.1 Å². The lowest BCUT2D eigenvalue weighted by molar-refractivity contribution is 0.00665. The van der Waals surface area contributed by atoms with Crippen molar-refractivity contribution < 1.29 is 10.2 Å². The molecule has 8 nitrogen and oxygen atoms in total. The van der Waals surface area contributed by atoms with E-state index in [0.29, 0.717) is 24.9 Å². The molecule has 0 radical (unpaired) electrons. The Hall–Kier alpha value is -2.34. The topological polar surface area (TPSA) is 121 Å². The summed E-state index contributed by atoms with van der Waals surface area (Å²) in [6, 6.07) is 13.5. The minimum Gasteiger partial charge on any atom is -0.390 e. The summed E-state index contributed by atoms with van der Waals surface area (Å²) in [5.74, 6) is 1.74. The number of nitrogens with one attached hydrogen (secondary N) is 4. The molecule has 266 valence electrons. The van der Waals surface area contributed by atoms with E-state index < -0.39 is 12.2 Å². The van der Waals surface area contributed by atoms with Gasteiger partial charge in [0, 0.05) is 44.4 Å². The van der Waals surface area contributed by atoms with Crippen molar-refractivity contribution in [3.63, 3.8) is 0 Å². The first kappa shape index (κ1) is 34.7. The maximum absolute atomic E-state index is 10.9. The fraction of sp³-hybridized carbons (Fsp3) is 0.526. The smallest absolute Gasteiger partial charge is 0.114 e. The third kappa shape index (κ3) is 7.86. The first-order valence-corrected chi connectivity index (χ1v) is 21.0. The molecular formula is C38H46Cl2N6O2S2. The number of aliphatic hydroxyl groups is 2. The number of halogens is 2. The molecule has 2 saturated carbocycles. The van der Waals surface area contributed by atoms with Gasteiger partial charge in [-0.05, 0) is 87.8 Å². The molecule has 4 unspecified atom stereocenters. The third-order valence-electron chi connectivity index (χ3n) is 10.7. The predicted octanol–water partition coefficient (Wildman–Crippen LogP) is 9.37. The highest BCUT2D eigenvalue weighted by Gasteiger charge is 2.27. The Bertz CT molecular complexity index is 1760. The first-order chi connectivity index (χ1) is 24.3. The summed E-state index contributed by atoms with van der Waals surface area (Å²) in [5.41, 5.74) is 6.29. The van der Waals surface area contributed by atoms with Crippen LogP contribution in [-0.2, 0) is 0 Å². The van der Waals surface area contributed by atoms with Gasteiger partial charge in [0.2, 0.25) is 0 Å². The molecule has 0 spiro atoms. The third-order valence-corrected chi connectivity index (χ3v) is 13.5. The molecule has 2 aliphatic carbocycles. The van der Waals surface area contributed by atoms with Gasteiger partial charge in [0.25, 0.3) is 0 Å². The summed E-state index contributed by atoms with van der Waals surface area (Å²) in [4.78, 5) is 17.2. The van der Waals surface area contributed by atoms with Crippen LogP contribution in [0.15, 0.2) is 46.4 Å². The van der Waals surface area contributed by atoms with E-state index in [0.717, 1.165) is 89.0 Å². The molecule has 0 amide bonds. The maximum atomic E-state index is 10.9. The molecule has 50 heavy (non-hydrogen) atoms. The molecule has 4 aromatic rings. The van der Waals surface area contributed by atoms with Crippen molar-refractivity contribution in [1.82, 2.24) is 9.97 Å². The van der Waals surface area contributed by atoms with Crippen molar-refractivity contribution in [3.8, 4) is 0 Å². The molecular weight excluding hydrogens is 707 g/mol. The molecule has 2 aromatic carbocycles. The number of fused-ring (bicyclic) bond motifs is 2. The summed E-state index contributed by atoms with van der Waals surface area (Å²) < 4.78 is 0. The van der Waals surface area contributed by atoms with E-state index in [2.05, 4.69) is 32.7 Å². The van der Waals surface area contributed by atoms with Crippen LogP contribution in [0.4, 0.5) is 11.4 Å². The zero-order valence-corrected chi connectivity index (χ0v) is 31.3. The van der Waals surface area contributed by atoms with Gasteiger partial charge in [-0.15, -0.1) is 23.5 Å². The van der Waals surface area contributed by atoms with Crippen molar-refractivity contribution >= 4 is 90.0 Å². The summed E-state index contributed by atoms with van der Waals surface area (Å²) >= 11 is 16.5. The van der Waals surface area contributed by atoms with Gasteiger partial charge in [0.15, 0.2) is 0 Å². The zero-order valence-electron chi connectivity index (χ0n) is 28.2. The SMILES string of the molecule is OC(CCC1CSC(c2cc3cc(Cl)cc(NC4CCCC4)c3[nH]2)=N1)C(O)CCC1CSC(c2cc3cc(Cl)cc(NC4CCCC4)c3[nH]2)=N1. The highest BCUT2D eigenvalue weighted by Crippen LogP contribution is 2.36. The lowest BCUT2D eigenvalue weighted by Gasteiger charge is -2.19. The Balaban J connectivity index is 0.836. The van der Waals surface area contributed by atoms with E-state index in [1.54, 1.807) is 23.5 Å². The monoisotopic (exact) mass is 752 g/mol. The van der Waals surface area contributed by atoms with Crippen molar-refractivity contribution in [2.45, 2.75) is 113 Å². The molecule has 4 heterocycles. The van der Waals surface area contributed by atoms with Gasteiger partial charge in [-0.25, -0.2) is 0 Å². The highest BCUT2D eigenvalue weighted by atomic mass is 35.5. The van der Waals surface area contributed by atoms with Gasteiger partial charge in [0.05, 0.1) is 58.1 Å². The van der Waals surface area contributed by atoms with Gasteiger partial charge >= 0.3 is 0 Å². The minimum absolute atomic E-state index is 0.112. The van der Waals surface area contributed by atoms with E-state index in [9.17, 15) is 10.2 Å². The second-order valence-corrected chi connectivity index (χ2v) is 17.4. The highest BCUT2D eigenvalue weighted by molar-refractivity contribution is 8.15. The molecule has 2 aromatic heterocycles. The van der Waals surface area contributed by atoms with Gasteiger partial charge < -0.3 is 30.8 Å². The molecule has 2 aliphatic heterocycles. The number of hydrogen-bond donors (Lipinski definition) is 6. The maximum Gasteiger partial charge on any atom is 0.114 e. The lowest BCUT2D eigenvalue weighted by atomic mass is 10.00. The van der Waals surface area contributed by atoms with Gasteiger partial charge in [-0.3, -0.25) is 9.98 Å². The van der Waals surface area contributed by atoms with E-state index in [1.807, 2.05) is 24.3 Å². The molecule has 2 fully saturated rings. The normalized spacial score (nSPS) is 22.9. The van der Waals surface area contributed by atoms with Crippen molar-refractivity contribution in [1.29, 1.82) is 0 Å². The average molecular weight is 754 g/mol. The van der Waals surface area contributed by atoms with Crippen LogP contribution in [0.3, 0.4) is 0 Å². The lowest BCUT2D eigenvalue weighted by Crippen LogP contribution is -2.28. The number of H-pyrrole nitrogens is 2. The number of thioether (sulfide) groups is 2. The molecule has 6 N–H and O–H groups in total. The molecule has 0 bridgehead atoms. The number of aliphatic imine (C=N–C) groups is 2. The first-order valence-electron chi connectivity index (χ1n) is 18.3. The average Bonchev–Trinajstić information content (AvgIpc) is 3.94. The Morgan fingerprint density at radius 1 is 0.660 bits per heavy atom. The number of nitrogens with zero attached hydrogens (tertiary/aromatic N) is 2. The van der Waals surface area contributed by atoms with Crippen molar-refractivity contribution in [2.75, 3.05) is 22.1 Å². The van der Waals surface area contributed by atoms with Gasteiger partial charge in [0.1, 0.15) is 10.1 Å². The number of hydrogen-bond acceptors (Lipinski definition) is 8. The summed E-state index contributed by atoms with van der Waals surface area (Å²) in [7, 11) is 0. The Kier molecular flexibility index (Phi) is 10.6. The van der Waals surface area contributed by atoms with E-state index in [4.69, 9.17) is 33.2 Å². The number of aromatic amines is 2. The second kappa shape index (κ2) is 15.3. The Morgan fingerprint density at radius 2 is 1.08 bits per heavy atom. The standard InChI is InChI=1S/C38H46Cl2N6O2S2/c39-23-13-21-15-31(45-35(21)29(17-23)41-25-5-1-2-6-25)37-43-27(19-49-37)9-11-33(47)34(48)12-10-28-20-50-38(44-28)32-16-22-14-24(40)18-30(36(22)46-32)42-26-7-3-4-8-26/h13-18,25-28,33-34,41-42,45-48H,1-12,19-20H2. The minimum atomic E-state index is -0.777. The van der Waals surface area contributed by atoms with Crippen LogP contribution in [0, 0.1) is 0 Å². The molecule has 0 saturated heterocycles.